The number of benzene rings is 1. The topological polar surface area (TPSA) is 66.9 Å². The van der Waals surface area contributed by atoms with Crippen LogP contribution in [-0.4, -0.2) is 61.6 Å². The number of rotatable bonds is 3. The van der Waals surface area contributed by atoms with Gasteiger partial charge in [-0.2, -0.15) is 4.31 Å². The highest BCUT2D eigenvalue weighted by Gasteiger charge is 2.45. The van der Waals surface area contributed by atoms with Crippen molar-refractivity contribution in [2.45, 2.75) is 18.7 Å². The van der Waals surface area contributed by atoms with Crippen LogP contribution in [0.5, 0.6) is 0 Å². The van der Waals surface area contributed by atoms with Gasteiger partial charge in [0.25, 0.3) is 0 Å². The van der Waals surface area contributed by atoms with E-state index in [0.29, 0.717) is 6.54 Å². The number of ether oxygens (including phenoxy) is 1. The lowest BCUT2D eigenvalue weighted by molar-refractivity contribution is -0.153. The summed E-state index contributed by atoms with van der Waals surface area (Å²) >= 11 is 0. The molecule has 1 aromatic rings. The Bertz CT molecular complexity index is 677. The molecule has 0 bridgehead atoms. The molecule has 0 aliphatic carbocycles. The van der Waals surface area contributed by atoms with E-state index in [1.165, 1.54) is 16.4 Å². The first-order chi connectivity index (χ1) is 10.3. The maximum atomic E-state index is 13.0. The van der Waals surface area contributed by atoms with E-state index in [0.717, 1.165) is 11.8 Å². The Labute approximate surface area is 128 Å². The third-order valence-electron chi connectivity index (χ3n) is 4.08. The molecule has 2 fully saturated rings. The first kappa shape index (κ1) is 15.4. The zero-order chi connectivity index (χ0) is 15.9. The molecule has 2 unspecified atom stereocenters. The molecule has 0 saturated carbocycles. The smallest absolute Gasteiger partial charge is 0.249 e. The molecule has 2 saturated heterocycles. The standard InChI is InChI=1S/C14H17FN2O4S/c1-22(19,20)16-7-12-13(8-16)21-9-14(18)17(12)6-10-2-4-11(15)5-3-10/h2-5,12-13H,6-9H2,1H3. The van der Waals surface area contributed by atoms with Crippen molar-refractivity contribution in [1.82, 2.24) is 9.21 Å². The van der Waals surface area contributed by atoms with Crippen LogP contribution in [0, 0.1) is 5.82 Å². The number of carbonyl (C=O) groups is 1. The predicted octanol–water partition coefficient (Wildman–Crippen LogP) is 0.197. The minimum Gasteiger partial charge on any atom is -0.365 e. The summed E-state index contributed by atoms with van der Waals surface area (Å²) in [6.07, 6.45) is 0.837. The number of hydrogen-bond acceptors (Lipinski definition) is 4. The van der Waals surface area contributed by atoms with Crippen LogP contribution < -0.4 is 0 Å². The van der Waals surface area contributed by atoms with E-state index in [9.17, 15) is 17.6 Å². The molecule has 22 heavy (non-hydrogen) atoms. The summed E-state index contributed by atoms with van der Waals surface area (Å²) in [7, 11) is -3.31. The fourth-order valence-electron chi connectivity index (χ4n) is 2.90. The maximum Gasteiger partial charge on any atom is 0.249 e. The van der Waals surface area contributed by atoms with Crippen molar-refractivity contribution in [3.05, 3.63) is 35.6 Å². The Kier molecular flexibility index (Phi) is 3.92. The van der Waals surface area contributed by atoms with E-state index in [4.69, 9.17) is 4.74 Å². The van der Waals surface area contributed by atoms with Gasteiger partial charge in [-0.1, -0.05) is 12.1 Å². The molecule has 2 heterocycles. The van der Waals surface area contributed by atoms with Crippen LogP contribution in [0.3, 0.4) is 0 Å². The van der Waals surface area contributed by atoms with Crippen LogP contribution in [0.2, 0.25) is 0 Å². The second-order valence-electron chi connectivity index (χ2n) is 5.64. The van der Waals surface area contributed by atoms with Gasteiger partial charge < -0.3 is 9.64 Å². The molecule has 0 radical (unpaired) electrons. The van der Waals surface area contributed by atoms with Crippen molar-refractivity contribution in [3.63, 3.8) is 0 Å². The van der Waals surface area contributed by atoms with Crippen molar-refractivity contribution in [3.8, 4) is 0 Å². The van der Waals surface area contributed by atoms with E-state index in [1.807, 2.05) is 0 Å². The summed E-state index contributed by atoms with van der Waals surface area (Å²) in [4.78, 5) is 13.8. The van der Waals surface area contributed by atoms with Gasteiger partial charge in [0.2, 0.25) is 15.9 Å². The lowest BCUT2D eigenvalue weighted by Crippen LogP contribution is -2.53. The van der Waals surface area contributed by atoms with Crippen molar-refractivity contribution in [1.29, 1.82) is 0 Å². The fraction of sp³-hybridized carbons (Fsp3) is 0.500. The number of morpholine rings is 1. The third-order valence-corrected chi connectivity index (χ3v) is 5.32. The predicted molar refractivity (Wildman–Crippen MR) is 76.9 cm³/mol. The van der Waals surface area contributed by atoms with Gasteiger partial charge >= 0.3 is 0 Å². The summed E-state index contributed by atoms with van der Waals surface area (Å²) in [5.41, 5.74) is 0.799. The average molecular weight is 328 g/mol. The van der Waals surface area contributed by atoms with E-state index < -0.39 is 10.0 Å². The van der Waals surface area contributed by atoms with Crippen LogP contribution in [-0.2, 0) is 26.1 Å². The number of amides is 1. The Morgan fingerprint density at radius 3 is 2.59 bits per heavy atom. The van der Waals surface area contributed by atoms with Crippen LogP contribution in [0.25, 0.3) is 0 Å². The minimum atomic E-state index is -3.31. The second kappa shape index (κ2) is 5.60. The van der Waals surface area contributed by atoms with E-state index in [2.05, 4.69) is 0 Å². The van der Waals surface area contributed by atoms with Crippen LogP contribution in [0.15, 0.2) is 24.3 Å². The molecular weight excluding hydrogens is 311 g/mol. The molecule has 2 aliphatic rings. The van der Waals surface area contributed by atoms with Crippen molar-refractivity contribution in [2.75, 3.05) is 26.0 Å². The number of nitrogens with zero attached hydrogens (tertiary/aromatic N) is 2. The highest BCUT2D eigenvalue weighted by Crippen LogP contribution is 2.26. The maximum absolute atomic E-state index is 13.0. The van der Waals surface area contributed by atoms with Crippen LogP contribution in [0.4, 0.5) is 4.39 Å². The highest BCUT2D eigenvalue weighted by atomic mass is 32.2. The number of carbonyl (C=O) groups excluding carboxylic acids is 1. The Balaban J connectivity index is 1.80. The molecule has 0 aromatic heterocycles. The van der Waals surface area contributed by atoms with E-state index in [1.54, 1.807) is 17.0 Å². The van der Waals surface area contributed by atoms with Gasteiger partial charge in [-0.25, -0.2) is 12.8 Å². The summed E-state index contributed by atoms with van der Waals surface area (Å²) < 4.78 is 43.1. The van der Waals surface area contributed by atoms with Crippen molar-refractivity contribution < 1.29 is 22.3 Å². The molecule has 3 rings (SSSR count). The zero-order valence-electron chi connectivity index (χ0n) is 12.1. The Hall–Kier alpha value is -1.51. The molecule has 1 amide bonds. The van der Waals surface area contributed by atoms with Gasteiger partial charge in [-0.15, -0.1) is 0 Å². The highest BCUT2D eigenvalue weighted by molar-refractivity contribution is 7.88. The van der Waals surface area contributed by atoms with Gasteiger partial charge in [0.05, 0.1) is 18.4 Å². The number of hydrogen-bond donors (Lipinski definition) is 0. The van der Waals surface area contributed by atoms with E-state index in [-0.39, 0.29) is 43.6 Å². The van der Waals surface area contributed by atoms with Gasteiger partial charge in [0.1, 0.15) is 12.4 Å². The van der Waals surface area contributed by atoms with Gasteiger partial charge in [0.15, 0.2) is 0 Å². The first-order valence-electron chi connectivity index (χ1n) is 6.95. The molecule has 0 N–H and O–H groups in total. The van der Waals surface area contributed by atoms with Crippen molar-refractivity contribution >= 4 is 15.9 Å². The molecule has 1 aromatic carbocycles. The first-order valence-corrected chi connectivity index (χ1v) is 8.80. The molecular formula is C14H17FN2O4S. The van der Waals surface area contributed by atoms with Gasteiger partial charge in [-0.05, 0) is 17.7 Å². The second-order valence-corrected chi connectivity index (χ2v) is 7.63. The lowest BCUT2D eigenvalue weighted by Gasteiger charge is -2.36. The Morgan fingerprint density at radius 2 is 1.95 bits per heavy atom. The largest absolute Gasteiger partial charge is 0.365 e. The number of halogens is 1. The molecule has 6 nitrogen and oxygen atoms in total. The quantitative estimate of drug-likeness (QED) is 0.795. The summed E-state index contributed by atoms with van der Waals surface area (Å²) in [6.45, 7) is 0.758. The Morgan fingerprint density at radius 1 is 1.27 bits per heavy atom. The normalized spacial score (nSPS) is 26.3. The van der Waals surface area contributed by atoms with Crippen molar-refractivity contribution in [2.24, 2.45) is 0 Å². The molecule has 120 valence electrons. The van der Waals surface area contributed by atoms with Gasteiger partial charge in [-0.3, -0.25) is 4.79 Å². The van der Waals surface area contributed by atoms with Gasteiger partial charge in [0, 0.05) is 19.6 Å². The lowest BCUT2D eigenvalue weighted by atomic mass is 10.1. The third kappa shape index (κ3) is 2.99. The molecule has 2 atom stereocenters. The minimum absolute atomic E-state index is 0.0556. The summed E-state index contributed by atoms with van der Waals surface area (Å²) in [5.74, 6) is -0.514. The summed E-state index contributed by atoms with van der Waals surface area (Å²) in [6, 6.07) is 5.62. The monoisotopic (exact) mass is 328 g/mol. The van der Waals surface area contributed by atoms with Crippen LogP contribution in [0.1, 0.15) is 5.56 Å². The molecule has 8 heteroatoms. The average Bonchev–Trinajstić information content (AvgIpc) is 2.89. The molecule has 2 aliphatic heterocycles. The summed E-state index contributed by atoms with van der Waals surface area (Å²) in [5, 5.41) is 0. The number of sulfonamides is 1. The molecule has 0 spiro atoms. The fourth-order valence-corrected chi connectivity index (χ4v) is 3.74. The van der Waals surface area contributed by atoms with E-state index >= 15 is 0 Å². The SMILES string of the molecule is CS(=O)(=O)N1CC2OCC(=O)N(Cc3ccc(F)cc3)C2C1. The van der Waals surface area contributed by atoms with Crippen LogP contribution >= 0.6 is 0 Å². The zero-order valence-corrected chi connectivity index (χ0v) is 12.9. The number of fused-ring (bicyclic) bond motifs is 1.